The topological polar surface area (TPSA) is 26.6 Å². The summed E-state index contributed by atoms with van der Waals surface area (Å²) < 4.78 is 15.9. The van der Waals surface area contributed by atoms with Crippen LogP contribution in [0.3, 0.4) is 0 Å². The van der Waals surface area contributed by atoms with E-state index in [1.165, 1.54) is 60.4 Å². The Hall–Kier alpha value is -9.90. The molecule has 352 valence electrons. The highest BCUT2D eigenvalue weighted by atomic mass is 16.6. The first-order valence-corrected chi connectivity index (χ1v) is 25.6. The Bertz CT molecular complexity index is 4290. The first-order chi connectivity index (χ1) is 37.2. The highest BCUT2D eigenvalue weighted by Gasteiger charge is 2.48. The van der Waals surface area contributed by atoms with E-state index in [9.17, 15) is 0 Å². The van der Waals surface area contributed by atoms with Crippen LogP contribution in [-0.2, 0) is 5.41 Å². The lowest BCUT2D eigenvalue weighted by Gasteiger charge is -2.35. The van der Waals surface area contributed by atoms with Gasteiger partial charge in [-0.05, 0) is 134 Å². The number of aromatic nitrogens is 1. The van der Waals surface area contributed by atoms with Crippen molar-refractivity contribution in [2.75, 3.05) is 4.90 Å². The second-order valence-corrected chi connectivity index (χ2v) is 19.6. The number of benzene rings is 12. The molecule has 2 aliphatic rings. The molecular weight excluding hydrogens is 913 g/mol. The normalized spacial score (nSPS) is 14.1. The molecule has 4 heteroatoms. The maximum Gasteiger partial charge on any atom is 0.178 e. The zero-order valence-electron chi connectivity index (χ0n) is 40.8. The van der Waals surface area contributed by atoms with Crippen LogP contribution in [0.4, 0.5) is 17.1 Å². The predicted octanol–water partition coefficient (Wildman–Crippen LogP) is 19.0. The van der Waals surface area contributed by atoms with E-state index in [0.29, 0.717) is 17.2 Å². The van der Waals surface area contributed by atoms with Crippen LogP contribution in [0.1, 0.15) is 22.3 Å². The number of nitrogens with zero attached hydrogens (tertiary/aromatic N) is 2. The molecule has 75 heavy (non-hydrogen) atoms. The van der Waals surface area contributed by atoms with E-state index in [4.69, 9.17) is 9.47 Å². The summed E-state index contributed by atoms with van der Waals surface area (Å²) in [7, 11) is 0. The number of hydrogen-bond donors (Lipinski definition) is 0. The first kappa shape index (κ1) is 42.8. The van der Waals surface area contributed by atoms with Crippen molar-refractivity contribution in [2.45, 2.75) is 5.41 Å². The fourth-order valence-electron chi connectivity index (χ4n) is 12.2. The number of ether oxygens (including phenoxy) is 2. The Balaban J connectivity index is 0.919. The number of rotatable bonds is 8. The van der Waals surface area contributed by atoms with Gasteiger partial charge in [0.25, 0.3) is 0 Å². The van der Waals surface area contributed by atoms with E-state index in [1.807, 2.05) is 24.3 Å². The van der Waals surface area contributed by atoms with Crippen molar-refractivity contribution >= 4 is 49.6 Å². The zero-order valence-corrected chi connectivity index (χ0v) is 40.8. The van der Waals surface area contributed by atoms with Gasteiger partial charge in [0.1, 0.15) is 0 Å². The molecule has 0 radical (unpaired) electrons. The molecule has 0 saturated carbocycles. The molecule has 1 unspecified atom stereocenters. The molecule has 0 amide bonds. The van der Waals surface area contributed by atoms with Gasteiger partial charge in [-0.1, -0.05) is 206 Å². The number of fused-ring (bicyclic) bond motifs is 10. The highest BCUT2D eigenvalue weighted by Crippen LogP contribution is 2.62. The second kappa shape index (κ2) is 17.1. The third-order valence-electron chi connectivity index (χ3n) is 15.5. The molecule has 0 spiro atoms. The van der Waals surface area contributed by atoms with Gasteiger partial charge >= 0.3 is 0 Å². The summed E-state index contributed by atoms with van der Waals surface area (Å²) in [6, 6.07) is 101. The van der Waals surface area contributed by atoms with Gasteiger partial charge in [0.2, 0.25) is 0 Å². The Morgan fingerprint density at radius 2 is 0.880 bits per heavy atom. The lowest BCUT2D eigenvalue weighted by molar-refractivity contribution is 0.360. The Morgan fingerprint density at radius 3 is 1.63 bits per heavy atom. The van der Waals surface area contributed by atoms with Gasteiger partial charge in [0.15, 0.2) is 23.0 Å². The molecule has 2 heterocycles. The van der Waals surface area contributed by atoms with Gasteiger partial charge in [0.05, 0.1) is 16.4 Å². The maximum atomic E-state index is 6.90. The molecule has 4 nitrogen and oxygen atoms in total. The quantitative estimate of drug-likeness (QED) is 0.152. The van der Waals surface area contributed by atoms with Crippen LogP contribution < -0.4 is 14.4 Å². The highest BCUT2D eigenvalue weighted by molar-refractivity contribution is 6.09. The van der Waals surface area contributed by atoms with Crippen LogP contribution in [0.25, 0.3) is 71.6 Å². The SMILES string of the molecule is c1ccc(-c2ccc(N(c3ccc(C4(c5ccc(-c6cccc7ccccc67)cc5)c5ccccc5-c5c4ccc4c5Oc5ccccc5O4)cc3)c3cccc(-n4c5ccccc5c5ccccc54)c3)cc2)cc1. The third kappa shape index (κ3) is 6.70. The minimum absolute atomic E-state index is 0.705. The molecule has 1 aliphatic carbocycles. The van der Waals surface area contributed by atoms with Crippen molar-refractivity contribution in [2.24, 2.45) is 0 Å². The number of hydrogen-bond acceptors (Lipinski definition) is 3. The van der Waals surface area contributed by atoms with Crippen molar-refractivity contribution in [3.05, 3.63) is 301 Å². The summed E-state index contributed by atoms with van der Waals surface area (Å²) in [5, 5.41) is 4.93. The molecule has 1 atom stereocenters. The minimum atomic E-state index is -0.726. The Morgan fingerprint density at radius 1 is 0.333 bits per heavy atom. The van der Waals surface area contributed by atoms with Crippen LogP contribution in [0.5, 0.6) is 23.0 Å². The molecule has 12 aromatic carbocycles. The smallest absolute Gasteiger partial charge is 0.178 e. The van der Waals surface area contributed by atoms with E-state index in [2.05, 4.69) is 264 Å². The number of anilines is 3. The molecular formula is C71H46N2O2. The Kier molecular flexibility index (Phi) is 9.76. The summed E-state index contributed by atoms with van der Waals surface area (Å²) in [5.74, 6) is 2.85. The average Bonchev–Trinajstić information content (AvgIpc) is 4.13. The summed E-state index contributed by atoms with van der Waals surface area (Å²) in [6.07, 6.45) is 0. The van der Waals surface area contributed by atoms with E-state index < -0.39 is 5.41 Å². The third-order valence-corrected chi connectivity index (χ3v) is 15.5. The summed E-state index contributed by atoms with van der Waals surface area (Å²) >= 11 is 0. The molecule has 13 aromatic rings. The van der Waals surface area contributed by atoms with E-state index in [1.54, 1.807) is 0 Å². The van der Waals surface area contributed by atoms with Crippen LogP contribution >= 0.6 is 0 Å². The molecule has 1 aromatic heterocycles. The number of para-hydroxylation sites is 4. The summed E-state index contributed by atoms with van der Waals surface area (Å²) in [5.41, 5.74) is 17.4. The molecule has 1 aliphatic heterocycles. The largest absolute Gasteiger partial charge is 0.449 e. The van der Waals surface area contributed by atoms with Crippen LogP contribution in [0.2, 0.25) is 0 Å². The maximum absolute atomic E-state index is 6.90. The molecule has 0 N–H and O–H groups in total. The molecule has 0 fully saturated rings. The fraction of sp³-hybridized carbons (Fsp3) is 0.0141. The molecule has 0 saturated heterocycles. The Labute approximate surface area is 435 Å². The van der Waals surface area contributed by atoms with E-state index in [-0.39, 0.29) is 0 Å². The van der Waals surface area contributed by atoms with Gasteiger partial charge in [0, 0.05) is 39.1 Å². The molecule has 0 bridgehead atoms. The predicted molar refractivity (Wildman–Crippen MR) is 308 cm³/mol. The van der Waals surface area contributed by atoms with Crippen molar-refractivity contribution in [1.29, 1.82) is 0 Å². The van der Waals surface area contributed by atoms with Gasteiger partial charge in [-0.2, -0.15) is 0 Å². The van der Waals surface area contributed by atoms with Gasteiger partial charge < -0.3 is 18.9 Å². The van der Waals surface area contributed by atoms with Gasteiger partial charge in [-0.3, -0.25) is 0 Å². The van der Waals surface area contributed by atoms with Gasteiger partial charge in [-0.15, -0.1) is 0 Å². The molecule has 15 rings (SSSR count). The standard InChI is InChI=1S/C71H46N2O2/c1-2-16-47(17-3-1)48-34-40-53(41-35-48)72(55-20-15-21-56(46-55)73-64-28-10-7-23-59(64)60-24-8-11-29-65(60)73)54-42-38-52(39-43-54)71(51-36-32-50(33-37-51)58-26-14-19-49-18-4-5-22-57(49)58)62-27-9-6-25-61(62)69-63(71)44-45-68-70(69)75-67-31-13-12-30-66(67)74-68/h1-46H. The van der Waals surface area contributed by atoms with Crippen molar-refractivity contribution < 1.29 is 9.47 Å². The fourth-order valence-corrected chi connectivity index (χ4v) is 12.2. The van der Waals surface area contributed by atoms with Crippen molar-refractivity contribution in [3.8, 4) is 62.1 Å². The van der Waals surface area contributed by atoms with Gasteiger partial charge in [-0.25, -0.2) is 0 Å². The monoisotopic (exact) mass is 958 g/mol. The van der Waals surface area contributed by atoms with Crippen molar-refractivity contribution in [3.63, 3.8) is 0 Å². The minimum Gasteiger partial charge on any atom is -0.449 e. The van der Waals surface area contributed by atoms with Crippen LogP contribution in [-0.4, -0.2) is 4.57 Å². The summed E-state index contributed by atoms with van der Waals surface area (Å²) in [4.78, 5) is 2.39. The first-order valence-electron chi connectivity index (χ1n) is 25.6. The lowest BCUT2D eigenvalue weighted by atomic mass is 9.67. The lowest BCUT2D eigenvalue weighted by Crippen LogP contribution is -2.28. The van der Waals surface area contributed by atoms with E-state index >= 15 is 0 Å². The van der Waals surface area contributed by atoms with Crippen LogP contribution in [0, 0.1) is 0 Å². The van der Waals surface area contributed by atoms with Crippen LogP contribution in [0.15, 0.2) is 279 Å². The van der Waals surface area contributed by atoms with E-state index in [0.717, 1.165) is 56.3 Å². The second-order valence-electron chi connectivity index (χ2n) is 19.6. The zero-order chi connectivity index (χ0) is 49.5. The van der Waals surface area contributed by atoms with Crippen molar-refractivity contribution in [1.82, 2.24) is 4.57 Å². The average molecular weight is 959 g/mol. The summed E-state index contributed by atoms with van der Waals surface area (Å²) in [6.45, 7) is 0.